The number of carbonyl (C=O) groups excluding carboxylic acids is 1. The second-order valence-corrected chi connectivity index (χ2v) is 6.64. The Labute approximate surface area is 161 Å². The van der Waals surface area contributed by atoms with Gasteiger partial charge in [0.2, 0.25) is 5.91 Å². The van der Waals surface area contributed by atoms with E-state index >= 15 is 0 Å². The summed E-state index contributed by atoms with van der Waals surface area (Å²) in [6, 6.07) is 7.51. The lowest BCUT2D eigenvalue weighted by molar-refractivity contribution is -0.116. The summed E-state index contributed by atoms with van der Waals surface area (Å²) in [7, 11) is 0. The van der Waals surface area contributed by atoms with E-state index in [2.05, 4.69) is 10.3 Å². The Morgan fingerprint density at radius 3 is 3.07 bits per heavy atom. The van der Waals surface area contributed by atoms with E-state index in [4.69, 9.17) is 21.1 Å². The van der Waals surface area contributed by atoms with Gasteiger partial charge in [-0.05, 0) is 42.3 Å². The third-order valence-corrected chi connectivity index (χ3v) is 4.50. The molecule has 138 valence electrons. The number of halogens is 1. The van der Waals surface area contributed by atoms with Crippen LogP contribution in [0.15, 0.2) is 42.7 Å². The topological polar surface area (TPSA) is 64.9 Å². The lowest BCUT2D eigenvalue weighted by Crippen LogP contribution is -2.20. The van der Waals surface area contributed by atoms with Gasteiger partial charge in [0.05, 0.1) is 17.3 Å². The summed E-state index contributed by atoms with van der Waals surface area (Å²) in [5.74, 6) is 0.926. The molecule has 4 rings (SSSR count). The maximum absolute atomic E-state index is 12.1. The van der Waals surface area contributed by atoms with E-state index in [9.17, 15) is 4.79 Å². The summed E-state index contributed by atoms with van der Waals surface area (Å²) in [6.07, 6.45) is 7.00. The van der Waals surface area contributed by atoms with Crippen molar-refractivity contribution in [2.45, 2.75) is 13.5 Å². The van der Waals surface area contributed by atoms with Crippen LogP contribution in [-0.2, 0) is 11.3 Å². The van der Waals surface area contributed by atoms with Crippen molar-refractivity contribution in [2.75, 3.05) is 13.2 Å². The van der Waals surface area contributed by atoms with Gasteiger partial charge in [-0.2, -0.15) is 0 Å². The SMILES string of the molecule is Cc1cccn2cc(CNC(=O)C=Cc3cc(Cl)c4c(c3)OCCO4)nc12. The fourth-order valence-corrected chi connectivity index (χ4v) is 3.20. The molecule has 1 aliphatic heterocycles. The monoisotopic (exact) mass is 383 g/mol. The number of benzene rings is 1. The highest BCUT2D eigenvalue weighted by Gasteiger charge is 2.16. The van der Waals surface area contributed by atoms with Crippen LogP contribution in [0.1, 0.15) is 16.8 Å². The third kappa shape index (κ3) is 3.75. The molecule has 3 aromatic rings. The molecular formula is C20H18ClN3O3. The minimum absolute atomic E-state index is 0.213. The molecule has 7 heteroatoms. The van der Waals surface area contributed by atoms with Crippen LogP contribution in [0.25, 0.3) is 11.7 Å². The van der Waals surface area contributed by atoms with Gasteiger partial charge < -0.3 is 19.2 Å². The van der Waals surface area contributed by atoms with E-state index in [1.165, 1.54) is 6.08 Å². The first-order valence-corrected chi connectivity index (χ1v) is 8.96. The predicted molar refractivity (Wildman–Crippen MR) is 103 cm³/mol. The zero-order valence-corrected chi connectivity index (χ0v) is 15.5. The van der Waals surface area contributed by atoms with Gasteiger partial charge >= 0.3 is 0 Å². The lowest BCUT2D eigenvalue weighted by atomic mass is 10.1. The summed E-state index contributed by atoms with van der Waals surface area (Å²) in [4.78, 5) is 16.7. The summed E-state index contributed by atoms with van der Waals surface area (Å²) >= 11 is 6.21. The van der Waals surface area contributed by atoms with E-state index in [1.54, 1.807) is 18.2 Å². The van der Waals surface area contributed by atoms with E-state index < -0.39 is 0 Å². The number of hydrogen-bond donors (Lipinski definition) is 1. The van der Waals surface area contributed by atoms with Gasteiger partial charge in [0.25, 0.3) is 0 Å². The Morgan fingerprint density at radius 2 is 2.22 bits per heavy atom. The number of imidazole rings is 1. The molecule has 0 unspecified atom stereocenters. The Morgan fingerprint density at radius 1 is 1.37 bits per heavy atom. The standard InChI is InChI=1S/C20H18ClN3O3/c1-13-3-2-6-24-12-15(23-20(13)24)11-22-18(25)5-4-14-9-16(21)19-17(10-14)26-7-8-27-19/h2-6,9-10,12H,7-8,11H2,1H3,(H,22,25). The minimum atomic E-state index is -0.213. The normalized spacial score (nSPS) is 13.3. The molecule has 0 fully saturated rings. The Hall–Kier alpha value is -2.99. The molecule has 1 N–H and O–H groups in total. The molecule has 1 amide bonds. The summed E-state index contributed by atoms with van der Waals surface area (Å²) in [6.45, 7) is 3.32. The summed E-state index contributed by atoms with van der Waals surface area (Å²) < 4.78 is 13.0. The maximum Gasteiger partial charge on any atom is 0.244 e. The largest absolute Gasteiger partial charge is 0.486 e. The van der Waals surface area contributed by atoms with E-state index in [1.807, 2.05) is 35.9 Å². The number of nitrogens with one attached hydrogen (secondary N) is 1. The van der Waals surface area contributed by atoms with Crippen LogP contribution in [0.5, 0.6) is 11.5 Å². The van der Waals surface area contributed by atoms with Crippen molar-refractivity contribution in [3.63, 3.8) is 0 Å². The maximum atomic E-state index is 12.1. The van der Waals surface area contributed by atoms with Crippen molar-refractivity contribution in [1.29, 1.82) is 0 Å². The second kappa shape index (κ2) is 7.32. The van der Waals surface area contributed by atoms with Crippen molar-refractivity contribution < 1.29 is 14.3 Å². The number of aromatic nitrogens is 2. The third-order valence-electron chi connectivity index (χ3n) is 4.22. The van der Waals surface area contributed by atoms with Gasteiger partial charge in [0.1, 0.15) is 18.9 Å². The number of hydrogen-bond acceptors (Lipinski definition) is 4. The van der Waals surface area contributed by atoms with Crippen LogP contribution in [0.4, 0.5) is 0 Å². The van der Waals surface area contributed by atoms with Gasteiger partial charge in [-0.25, -0.2) is 4.98 Å². The zero-order chi connectivity index (χ0) is 18.8. The first-order chi connectivity index (χ1) is 13.1. The highest BCUT2D eigenvalue weighted by molar-refractivity contribution is 6.32. The molecule has 27 heavy (non-hydrogen) atoms. The van der Waals surface area contributed by atoms with Crippen molar-refractivity contribution in [2.24, 2.45) is 0 Å². The van der Waals surface area contributed by atoms with Gasteiger partial charge in [-0.15, -0.1) is 0 Å². The Balaban J connectivity index is 1.41. The lowest BCUT2D eigenvalue weighted by Gasteiger charge is -2.19. The number of ether oxygens (including phenoxy) is 2. The second-order valence-electron chi connectivity index (χ2n) is 6.23. The number of pyridine rings is 1. The molecule has 0 radical (unpaired) electrons. The molecular weight excluding hydrogens is 366 g/mol. The molecule has 3 heterocycles. The molecule has 2 aromatic heterocycles. The Bertz CT molecular complexity index is 1040. The summed E-state index contributed by atoms with van der Waals surface area (Å²) in [5, 5.41) is 3.30. The molecule has 1 aliphatic rings. The molecule has 0 bridgehead atoms. The average molecular weight is 384 g/mol. The first kappa shape index (κ1) is 17.4. The number of aryl methyl sites for hydroxylation is 1. The van der Waals surface area contributed by atoms with Crippen molar-refractivity contribution in [3.8, 4) is 11.5 Å². The quantitative estimate of drug-likeness (QED) is 0.701. The van der Waals surface area contributed by atoms with Crippen LogP contribution < -0.4 is 14.8 Å². The highest BCUT2D eigenvalue weighted by atomic mass is 35.5. The molecule has 1 aromatic carbocycles. The number of nitrogens with zero attached hydrogens (tertiary/aromatic N) is 2. The van der Waals surface area contributed by atoms with Crippen LogP contribution in [0.3, 0.4) is 0 Å². The summed E-state index contributed by atoms with van der Waals surface area (Å²) in [5.41, 5.74) is 3.55. The fraction of sp³-hybridized carbons (Fsp3) is 0.200. The molecule has 0 spiro atoms. The molecule has 0 aliphatic carbocycles. The van der Waals surface area contributed by atoms with Crippen molar-refractivity contribution in [3.05, 3.63) is 64.6 Å². The van der Waals surface area contributed by atoms with Crippen molar-refractivity contribution in [1.82, 2.24) is 14.7 Å². The fourth-order valence-electron chi connectivity index (χ4n) is 2.93. The van der Waals surface area contributed by atoms with Gasteiger partial charge in [0, 0.05) is 18.5 Å². The first-order valence-electron chi connectivity index (χ1n) is 8.58. The number of fused-ring (bicyclic) bond motifs is 2. The van der Waals surface area contributed by atoms with Crippen LogP contribution in [-0.4, -0.2) is 28.5 Å². The average Bonchev–Trinajstić information content (AvgIpc) is 3.09. The number of carbonyl (C=O) groups is 1. The Kier molecular flexibility index (Phi) is 4.73. The van der Waals surface area contributed by atoms with E-state index in [0.717, 1.165) is 22.5 Å². The smallest absolute Gasteiger partial charge is 0.244 e. The molecule has 0 saturated heterocycles. The van der Waals surface area contributed by atoms with Gasteiger partial charge in [-0.3, -0.25) is 4.79 Å². The molecule has 0 saturated carbocycles. The highest BCUT2D eigenvalue weighted by Crippen LogP contribution is 2.38. The van der Waals surface area contributed by atoms with Crippen LogP contribution in [0, 0.1) is 6.92 Å². The van der Waals surface area contributed by atoms with E-state index in [0.29, 0.717) is 36.3 Å². The van der Waals surface area contributed by atoms with Crippen LogP contribution >= 0.6 is 11.6 Å². The molecule has 0 atom stereocenters. The van der Waals surface area contributed by atoms with Crippen molar-refractivity contribution >= 4 is 29.2 Å². The van der Waals surface area contributed by atoms with Gasteiger partial charge in [0.15, 0.2) is 11.5 Å². The van der Waals surface area contributed by atoms with Gasteiger partial charge in [-0.1, -0.05) is 17.7 Å². The number of amides is 1. The minimum Gasteiger partial charge on any atom is -0.486 e. The zero-order valence-electron chi connectivity index (χ0n) is 14.7. The predicted octanol–water partition coefficient (Wildman–Crippen LogP) is 3.40. The molecule has 6 nitrogen and oxygen atoms in total. The number of rotatable bonds is 4. The van der Waals surface area contributed by atoms with E-state index in [-0.39, 0.29) is 5.91 Å². The van der Waals surface area contributed by atoms with Crippen LogP contribution in [0.2, 0.25) is 5.02 Å².